The predicted molar refractivity (Wildman–Crippen MR) is 130 cm³/mol. The molecule has 1 aliphatic rings. The van der Waals surface area contributed by atoms with Crippen LogP contribution in [-0.4, -0.2) is 63.8 Å². The molecule has 1 heterocycles. The molecular formula is C25H30N4O6. The maximum Gasteiger partial charge on any atom is 0.338 e. The van der Waals surface area contributed by atoms with E-state index in [0.29, 0.717) is 28.4 Å². The first kappa shape index (κ1) is 25.6. The van der Waals surface area contributed by atoms with Gasteiger partial charge in [-0.3, -0.25) is 9.69 Å². The molecule has 0 aliphatic carbocycles. The summed E-state index contributed by atoms with van der Waals surface area (Å²) < 4.78 is 15.7. The van der Waals surface area contributed by atoms with Gasteiger partial charge < -0.3 is 30.2 Å². The van der Waals surface area contributed by atoms with Crippen molar-refractivity contribution in [3.8, 4) is 11.5 Å². The molecule has 10 nitrogen and oxygen atoms in total. The molecule has 0 radical (unpaired) electrons. The van der Waals surface area contributed by atoms with E-state index in [2.05, 4.69) is 16.0 Å². The molecule has 1 unspecified atom stereocenters. The predicted octanol–water partition coefficient (Wildman–Crippen LogP) is 2.45. The van der Waals surface area contributed by atoms with Gasteiger partial charge in [0.2, 0.25) is 5.91 Å². The van der Waals surface area contributed by atoms with Gasteiger partial charge in [-0.25, -0.2) is 9.59 Å². The molecule has 0 spiro atoms. The maximum atomic E-state index is 12.9. The highest BCUT2D eigenvalue weighted by molar-refractivity contribution is 5.95. The van der Waals surface area contributed by atoms with E-state index in [0.717, 1.165) is 0 Å². The highest BCUT2D eigenvalue weighted by Crippen LogP contribution is 2.29. The number of hydrogen-bond donors (Lipinski definition) is 3. The largest absolute Gasteiger partial charge is 0.497 e. The topological polar surface area (TPSA) is 118 Å². The number of esters is 1. The Morgan fingerprint density at radius 2 is 1.77 bits per heavy atom. The lowest BCUT2D eigenvalue weighted by molar-refractivity contribution is -0.139. The lowest BCUT2D eigenvalue weighted by Gasteiger charge is -2.31. The molecular weight excluding hydrogens is 452 g/mol. The van der Waals surface area contributed by atoms with E-state index in [1.54, 1.807) is 81.6 Å². The molecule has 0 saturated carbocycles. The Hall–Kier alpha value is -4.05. The highest BCUT2D eigenvalue weighted by atomic mass is 16.5. The van der Waals surface area contributed by atoms with Crippen LogP contribution >= 0.6 is 0 Å². The monoisotopic (exact) mass is 482 g/mol. The summed E-state index contributed by atoms with van der Waals surface area (Å²) in [7, 11) is 4.83. The second-order valence-electron chi connectivity index (χ2n) is 7.87. The Morgan fingerprint density at radius 1 is 1.06 bits per heavy atom. The molecule has 35 heavy (non-hydrogen) atoms. The van der Waals surface area contributed by atoms with Gasteiger partial charge in [0.15, 0.2) is 0 Å². The summed E-state index contributed by atoms with van der Waals surface area (Å²) >= 11 is 0. The van der Waals surface area contributed by atoms with E-state index in [4.69, 9.17) is 14.2 Å². The normalized spacial score (nSPS) is 15.2. The highest BCUT2D eigenvalue weighted by Gasteiger charge is 2.34. The number of anilines is 1. The summed E-state index contributed by atoms with van der Waals surface area (Å²) in [6, 6.07) is 12.9. The van der Waals surface area contributed by atoms with Crippen molar-refractivity contribution in [2.75, 3.05) is 46.3 Å². The Morgan fingerprint density at radius 3 is 2.43 bits per heavy atom. The number of hydrogen-bond acceptors (Lipinski definition) is 7. The van der Waals surface area contributed by atoms with E-state index >= 15 is 0 Å². The number of methoxy groups -OCH3 is 2. The maximum absolute atomic E-state index is 12.9. The summed E-state index contributed by atoms with van der Waals surface area (Å²) in [5.74, 6) is 0.469. The third kappa shape index (κ3) is 6.73. The molecule has 186 valence electrons. The van der Waals surface area contributed by atoms with Crippen molar-refractivity contribution < 1.29 is 28.6 Å². The number of nitrogens with one attached hydrogen (secondary N) is 3. The van der Waals surface area contributed by atoms with Crippen LogP contribution in [0.2, 0.25) is 0 Å². The van der Waals surface area contributed by atoms with Crippen LogP contribution in [0.5, 0.6) is 11.5 Å². The zero-order chi connectivity index (χ0) is 25.4. The van der Waals surface area contributed by atoms with Gasteiger partial charge in [0, 0.05) is 24.0 Å². The molecule has 0 fully saturated rings. The number of rotatable bonds is 10. The van der Waals surface area contributed by atoms with Gasteiger partial charge in [-0.15, -0.1) is 0 Å². The second kappa shape index (κ2) is 11.9. The molecule has 0 saturated heterocycles. The smallest absolute Gasteiger partial charge is 0.338 e. The van der Waals surface area contributed by atoms with Gasteiger partial charge >= 0.3 is 12.0 Å². The van der Waals surface area contributed by atoms with Crippen molar-refractivity contribution in [1.82, 2.24) is 15.5 Å². The number of ether oxygens (including phenoxy) is 3. The van der Waals surface area contributed by atoms with Crippen LogP contribution < -0.4 is 25.4 Å². The van der Waals surface area contributed by atoms with Crippen molar-refractivity contribution in [1.29, 1.82) is 0 Å². The lowest BCUT2D eigenvalue weighted by atomic mass is 9.95. The summed E-state index contributed by atoms with van der Waals surface area (Å²) in [6.07, 6.45) is 0. The third-order valence-electron chi connectivity index (χ3n) is 5.29. The minimum atomic E-state index is -0.720. The number of carbonyl (C=O) groups excluding carboxylic acids is 3. The number of amides is 3. The van der Waals surface area contributed by atoms with E-state index in [9.17, 15) is 14.4 Å². The average Bonchev–Trinajstić information content (AvgIpc) is 2.83. The Labute approximate surface area is 204 Å². The molecule has 3 rings (SSSR count). The summed E-state index contributed by atoms with van der Waals surface area (Å²) in [6.45, 7) is 2.05. The minimum Gasteiger partial charge on any atom is -0.497 e. The number of benzene rings is 2. The van der Waals surface area contributed by atoms with E-state index in [1.165, 1.54) is 0 Å². The number of nitrogens with zero attached hydrogens (tertiary/aromatic N) is 1. The van der Waals surface area contributed by atoms with Crippen molar-refractivity contribution in [2.45, 2.75) is 13.0 Å². The quantitative estimate of drug-likeness (QED) is 0.445. The summed E-state index contributed by atoms with van der Waals surface area (Å²) in [5, 5.41) is 8.31. The van der Waals surface area contributed by atoms with Gasteiger partial charge in [0.25, 0.3) is 0 Å². The van der Waals surface area contributed by atoms with Crippen LogP contribution in [0.25, 0.3) is 0 Å². The number of carbonyl (C=O) groups is 3. The van der Waals surface area contributed by atoms with Gasteiger partial charge in [0.05, 0.1) is 39.0 Å². The fraction of sp³-hybridized carbons (Fsp3) is 0.320. The zero-order valence-corrected chi connectivity index (χ0v) is 20.2. The SMILES string of the molecule is CCOC(=O)C1=C(CN(C)CC(=O)Nc2cccc(OC)c2)NC(=O)NC1c1ccc(OC)cc1. The van der Waals surface area contributed by atoms with Gasteiger partial charge in [-0.05, 0) is 43.8 Å². The molecule has 1 aliphatic heterocycles. The van der Waals surface area contributed by atoms with Crippen molar-refractivity contribution in [3.63, 3.8) is 0 Å². The molecule has 0 aromatic heterocycles. The molecule has 1 atom stereocenters. The fourth-order valence-corrected chi connectivity index (χ4v) is 3.71. The van der Waals surface area contributed by atoms with Gasteiger partial charge in [-0.1, -0.05) is 18.2 Å². The van der Waals surface area contributed by atoms with E-state index in [1.807, 2.05) is 0 Å². The minimum absolute atomic E-state index is 0.0211. The van der Waals surface area contributed by atoms with Crippen molar-refractivity contribution in [3.05, 3.63) is 65.4 Å². The standard InChI is InChI=1S/C25H30N4O6/c1-5-35-24(31)22-20(27-25(32)28-23(22)16-9-11-18(33-3)12-10-16)14-29(2)15-21(30)26-17-7-6-8-19(13-17)34-4/h6-13,23H,5,14-15H2,1-4H3,(H,26,30)(H2,27,28,32). The van der Waals surface area contributed by atoms with Crippen LogP contribution in [0.1, 0.15) is 18.5 Å². The Kier molecular flexibility index (Phi) is 8.69. The number of urea groups is 1. The van der Waals surface area contributed by atoms with Gasteiger partial charge in [-0.2, -0.15) is 0 Å². The van der Waals surface area contributed by atoms with Crippen LogP contribution in [0.4, 0.5) is 10.5 Å². The first-order chi connectivity index (χ1) is 16.8. The zero-order valence-electron chi connectivity index (χ0n) is 20.2. The Balaban J connectivity index is 1.81. The summed E-state index contributed by atoms with van der Waals surface area (Å²) in [5.41, 5.74) is 1.94. The first-order valence-electron chi connectivity index (χ1n) is 11.1. The second-order valence-corrected chi connectivity index (χ2v) is 7.87. The molecule has 3 amide bonds. The van der Waals surface area contributed by atoms with E-state index < -0.39 is 18.0 Å². The Bertz CT molecular complexity index is 1100. The number of likely N-dealkylation sites (N-methyl/N-ethyl adjacent to an activating group) is 1. The fourth-order valence-electron chi connectivity index (χ4n) is 3.71. The van der Waals surface area contributed by atoms with Crippen molar-refractivity contribution in [2.24, 2.45) is 0 Å². The van der Waals surface area contributed by atoms with Crippen LogP contribution in [0.3, 0.4) is 0 Å². The molecule has 0 bridgehead atoms. The van der Waals surface area contributed by atoms with Gasteiger partial charge in [0.1, 0.15) is 11.5 Å². The average molecular weight is 483 g/mol. The first-order valence-corrected chi connectivity index (χ1v) is 11.1. The van der Waals surface area contributed by atoms with Crippen LogP contribution in [0.15, 0.2) is 59.8 Å². The molecule has 2 aromatic rings. The van der Waals surface area contributed by atoms with Crippen LogP contribution in [-0.2, 0) is 14.3 Å². The van der Waals surface area contributed by atoms with E-state index in [-0.39, 0.29) is 31.2 Å². The lowest BCUT2D eigenvalue weighted by Crippen LogP contribution is -2.48. The summed E-state index contributed by atoms with van der Waals surface area (Å²) in [4.78, 5) is 39.7. The van der Waals surface area contributed by atoms with Crippen LogP contribution in [0, 0.1) is 0 Å². The van der Waals surface area contributed by atoms with Crippen molar-refractivity contribution >= 4 is 23.6 Å². The molecule has 3 N–H and O–H groups in total. The molecule has 2 aromatic carbocycles. The third-order valence-corrected chi connectivity index (χ3v) is 5.29. The molecule has 10 heteroatoms.